The van der Waals surface area contributed by atoms with Crippen molar-refractivity contribution in [2.24, 2.45) is 0 Å². The van der Waals surface area contributed by atoms with Crippen molar-refractivity contribution in [2.75, 3.05) is 6.54 Å². The number of aromatic nitrogens is 2. The number of imidazole rings is 1. The van der Waals surface area contributed by atoms with Crippen LogP contribution in [0, 0.1) is 0 Å². The van der Waals surface area contributed by atoms with E-state index in [0.29, 0.717) is 13.0 Å². The number of H-pyrrole nitrogens is 1. The average molecular weight is 335 g/mol. The van der Waals surface area contributed by atoms with E-state index in [2.05, 4.69) is 9.97 Å². The SMILES string of the molecule is O=C(O)N(CCCc1c[nH]cn1)C(c1ccccc1)c1ccccc1. The molecule has 0 unspecified atom stereocenters. The summed E-state index contributed by atoms with van der Waals surface area (Å²) < 4.78 is 0. The summed E-state index contributed by atoms with van der Waals surface area (Å²) in [6, 6.07) is 19.2. The zero-order chi connectivity index (χ0) is 17.5. The van der Waals surface area contributed by atoms with E-state index in [9.17, 15) is 9.90 Å². The van der Waals surface area contributed by atoms with Gasteiger partial charge in [-0.05, 0) is 24.0 Å². The Morgan fingerprint density at radius 1 is 1.04 bits per heavy atom. The van der Waals surface area contributed by atoms with Crippen molar-refractivity contribution in [3.8, 4) is 0 Å². The topological polar surface area (TPSA) is 69.2 Å². The number of benzene rings is 2. The predicted molar refractivity (Wildman–Crippen MR) is 96.4 cm³/mol. The summed E-state index contributed by atoms with van der Waals surface area (Å²) >= 11 is 0. The van der Waals surface area contributed by atoms with Crippen LogP contribution < -0.4 is 0 Å². The summed E-state index contributed by atoms with van der Waals surface area (Å²) in [6.07, 6.45) is 4.02. The Balaban J connectivity index is 1.84. The molecular weight excluding hydrogens is 314 g/mol. The fourth-order valence-corrected chi connectivity index (χ4v) is 3.02. The van der Waals surface area contributed by atoms with E-state index in [1.807, 2.05) is 66.9 Å². The van der Waals surface area contributed by atoms with Gasteiger partial charge in [-0.1, -0.05) is 60.7 Å². The first-order valence-corrected chi connectivity index (χ1v) is 8.33. The molecule has 5 heteroatoms. The molecule has 128 valence electrons. The monoisotopic (exact) mass is 335 g/mol. The molecule has 0 saturated carbocycles. The van der Waals surface area contributed by atoms with E-state index >= 15 is 0 Å². The molecule has 0 saturated heterocycles. The number of aromatic amines is 1. The van der Waals surface area contributed by atoms with Crippen LogP contribution in [-0.2, 0) is 6.42 Å². The van der Waals surface area contributed by atoms with Crippen molar-refractivity contribution >= 4 is 6.09 Å². The van der Waals surface area contributed by atoms with Gasteiger partial charge in [-0.3, -0.25) is 4.90 Å². The minimum absolute atomic E-state index is 0.320. The van der Waals surface area contributed by atoms with Crippen LogP contribution in [0.5, 0.6) is 0 Å². The highest BCUT2D eigenvalue weighted by molar-refractivity contribution is 5.66. The number of nitrogens with one attached hydrogen (secondary N) is 1. The Kier molecular flexibility index (Phi) is 5.46. The van der Waals surface area contributed by atoms with Crippen molar-refractivity contribution in [2.45, 2.75) is 18.9 Å². The van der Waals surface area contributed by atoms with Crippen molar-refractivity contribution in [3.63, 3.8) is 0 Å². The van der Waals surface area contributed by atoms with Gasteiger partial charge in [0.1, 0.15) is 0 Å². The van der Waals surface area contributed by atoms with E-state index in [1.54, 1.807) is 6.33 Å². The molecule has 0 radical (unpaired) electrons. The fourth-order valence-electron chi connectivity index (χ4n) is 3.02. The molecule has 3 rings (SSSR count). The quantitative estimate of drug-likeness (QED) is 0.682. The van der Waals surface area contributed by atoms with E-state index in [1.165, 1.54) is 4.90 Å². The molecule has 0 spiro atoms. The summed E-state index contributed by atoms with van der Waals surface area (Å²) in [7, 11) is 0. The van der Waals surface area contributed by atoms with Crippen molar-refractivity contribution < 1.29 is 9.90 Å². The first-order valence-electron chi connectivity index (χ1n) is 8.33. The number of hydrogen-bond acceptors (Lipinski definition) is 2. The number of hydrogen-bond donors (Lipinski definition) is 2. The van der Waals surface area contributed by atoms with E-state index in [4.69, 9.17) is 0 Å². The molecule has 3 aromatic rings. The smallest absolute Gasteiger partial charge is 0.408 e. The molecule has 1 amide bonds. The Morgan fingerprint density at radius 3 is 2.12 bits per heavy atom. The van der Waals surface area contributed by atoms with Crippen LogP contribution in [0.2, 0.25) is 0 Å². The second kappa shape index (κ2) is 8.15. The summed E-state index contributed by atoms with van der Waals surface area (Å²) in [5, 5.41) is 9.83. The lowest BCUT2D eigenvalue weighted by Gasteiger charge is -2.30. The minimum Gasteiger partial charge on any atom is -0.465 e. The third-order valence-corrected chi connectivity index (χ3v) is 4.17. The highest BCUT2D eigenvalue weighted by atomic mass is 16.4. The van der Waals surface area contributed by atoms with Gasteiger partial charge in [-0.25, -0.2) is 9.78 Å². The largest absolute Gasteiger partial charge is 0.465 e. The summed E-state index contributed by atoms with van der Waals surface area (Å²) in [5.74, 6) is 0. The molecule has 0 aliphatic rings. The molecule has 0 bridgehead atoms. The summed E-state index contributed by atoms with van der Waals surface area (Å²) in [4.78, 5) is 20.6. The molecule has 25 heavy (non-hydrogen) atoms. The number of aryl methyl sites for hydroxylation is 1. The molecular formula is C20H21N3O2. The van der Waals surface area contributed by atoms with E-state index in [0.717, 1.165) is 23.2 Å². The highest BCUT2D eigenvalue weighted by Crippen LogP contribution is 2.29. The number of amides is 1. The van der Waals surface area contributed by atoms with E-state index in [-0.39, 0.29) is 6.04 Å². The lowest BCUT2D eigenvalue weighted by atomic mass is 9.97. The second-order valence-electron chi connectivity index (χ2n) is 5.86. The number of carboxylic acid groups (broad SMARTS) is 1. The van der Waals surface area contributed by atoms with Crippen LogP contribution in [0.15, 0.2) is 73.2 Å². The van der Waals surface area contributed by atoms with Gasteiger partial charge in [-0.2, -0.15) is 0 Å². The molecule has 1 aromatic heterocycles. The molecule has 0 aliphatic heterocycles. The second-order valence-corrected chi connectivity index (χ2v) is 5.86. The number of rotatable bonds is 7. The van der Waals surface area contributed by atoms with Gasteiger partial charge >= 0.3 is 6.09 Å². The normalized spacial score (nSPS) is 10.8. The molecule has 5 nitrogen and oxygen atoms in total. The third kappa shape index (κ3) is 4.26. The van der Waals surface area contributed by atoms with E-state index < -0.39 is 6.09 Å². The number of carbonyl (C=O) groups is 1. The van der Waals surface area contributed by atoms with Crippen LogP contribution in [-0.4, -0.2) is 32.6 Å². The fraction of sp³-hybridized carbons (Fsp3) is 0.200. The first kappa shape index (κ1) is 16.8. The molecule has 2 aromatic carbocycles. The van der Waals surface area contributed by atoms with Crippen LogP contribution in [0.1, 0.15) is 29.3 Å². The van der Waals surface area contributed by atoms with Crippen LogP contribution in [0.3, 0.4) is 0 Å². The Morgan fingerprint density at radius 2 is 1.64 bits per heavy atom. The first-order chi connectivity index (χ1) is 12.3. The maximum Gasteiger partial charge on any atom is 0.408 e. The Bertz CT molecular complexity index is 734. The van der Waals surface area contributed by atoms with Gasteiger partial charge in [-0.15, -0.1) is 0 Å². The van der Waals surface area contributed by atoms with Crippen molar-refractivity contribution in [3.05, 3.63) is 90.0 Å². The zero-order valence-electron chi connectivity index (χ0n) is 13.9. The lowest BCUT2D eigenvalue weighted by Crippen LogP contribution is -2.35. The van der Waals surface area contributed by atoms with Gasteiger partial charge in [0, 0.05) is 12.7 Å². The van der Waals surface area contributed by atoms with Crippen LogP contribution in [0.4, 0.5) is 4.79 Å². The molecule has 1 heterocycles. The Hall–Kier alpha value is -3.08. The van der Waals surface area contributed by atoms with Crippen LogP contribution in [0.25, 0.3) is 0 Å². The third-order valence-electron chi connectivity index (χ3n) is 4.17. The van der Waals surface area contributed by atoms with Gasteiger partial charge in [0.25, 0.3) is 0 Å². The maximum atomic E-state index is 12.0. The van der Waals surface area contributed by atoms with Crippen molar-refractivity contribution in [1.82, 2.24) is 14.9 Å². The maximum absolute atomic E-state index is 12.0. The zero-order valence-corrected chi connectivity index (χ0v) is 13.9. The minimum atomic E-state index is -0.917. The van der Waals surface area contributed by atoms with Gasteiger partial charge < -0.3 is 10.1 Å². The molecule has 0 atom stereocenters. The molecule has 0 aliphatic carbocycles. The van der Waals surface area contributed by atoms with Crippen LogP contribution >= 0.6 is 0 Å². The van der Waals surface area contributed by atoms with Gasteiger partial charge in [0.05, 0.1) is 18.1 Å². The molecule has 2 N–H and O–H groups in total. The lowest BCUT2D eigenvalue weighted by molar-refractivity contribution is 0.131. The molecule has 0 fully saturated rings. The number of nitrogens with zero attached hydrogens (tertiary/aromatic N) is 2. The Labute approximate surface area is 147 Å². The average Bonchev–Trinajstić information content (AvgIpc) is 3.16. The van der Waals surface area contributed by atoms with Gasteiger partial charge in [0.2, 0.25) is 0 Å². The van der Waals surface area contributed by atoms with Crippen molar-refractivity contribution in [1.29, 1.82) is 0 Å². The standard InChI is InChI=1S/C20H21N3O2/c24-20(25)23(13-7-12-18-14-21-15-22-18)19(16-8-3-1-4-9-16)17-10-5-2-6-11-17/h1-6,8-11,14-15,19H,7,12-13H2,(H,21,22)(H,24,25). The summed E-state index contributed by atoms with van der Waals surface area (Å²) in [6.45, 7) is 0.441. The van der Waals surface area contributed by atoms with Gasteiger partial charge in [0.15, 0.2) is 0 Å². The highest BCUT2D eigenvalue weighted by Gasteiger charge is 2.26. The summed E-state index contributed by atoms with van der Waals surface area (Å²) in [5.41, 5.74) is 2.88. The predicted octanol–water partition coefficient (Wildman–Crippen LogP) is 4.11.